The largest absolute Gasteiger partial charge is 0.478 e. The summed E-state index contributed by atoms with van der Waals surface area (Å²) in [5.41, 5.74) is 6.66. The third-order valence-corrected chi connectivity index (χ3v) is 6.35. The van der Waals surface area contributed by atoms with E-state index in [1.165, 1.54) is 34.6 Å². The Kier molecular flexibility index (Phi) is 5.80. The van der Waals surface area contributed by atoms with E-state index >= 15 is 0 Å². The standard InChI is InChI=1S/C21H23N3O4S/c25-19(12-16-20(26)22-14-8-5-6-9-15(14)28-16)23-24-21(27)18-11-13-7-3-1-2-4-10-17(13)29-18/h5-6,8-9,11,16H,1-4,7,10,12H2,(H,22,26)(H,23,25)(H,24,27)/t16-/m1/s1. The van der Waals surface area contributed by atoms with E-state index in [9.17, 15) is 14.4 Å². The summed E-state index contributed by atoms with van der Waals surface area (Å²) in [6.07, 6.45) is 5.64. The van der Waals surface area contributed by atoms with Gasteiger partial charge in [-0.2, -0.15) is 0 Å². The number of amides is 3. The molecule has 0 fully saturated rings. The van der Waals surface area contributed by atoms with Crippen LogP contribution >= 0.6 is 11.3 Å². The van der Waals surface area contributed by atoms with Gasteiger partial charge in [-0.1, -0.05) is 25.0 Å². The van der Waals surface area contributed by atoms with Crippen molar-refractivity contribution in [3.05, 3.63) is 45.6 Å². The maximum Gasteiger partial charge on any atom is 0.279 e. The predicted octanol–water partition coefficient (Wildman–Crippen LogP) is 2.96. The Bertz CT molecular complexity index is 914. The lowest BCUT2D eigenvalue weighted by Crippen LogP contribution is -2.46. The summed E-state index contributed by atoms with van der Waals surface area (Å²) < 4.78 is 5.60. The van der Waals surface area contributed by atoms with E-state index in [1.54, 1.807) is 24.3 Å². The number of para-hydroxylation sites is 2. The molecule has 1 aliphatic heterocycles. The Morgan fingerprint density at radius 3 is 2.76 bits per heavy atom. The molecule has 0 radical (unpaired) electrons. The number of anilines is 1. The van der Waals surface area contributed by atoms with Gasteiger partial charge in [0.2, 0.25) is 5.91 Å². The number of hydrogen-bond acceptors (Lipinski definition) is 5. The van der Waals surface area contributed by atoms with Crippen molar-refractivity contribution in [2.24, 2.45) is 0 Å². The normalized spacial score (nSPS) is 18.2. The number of carbonyl (C=O) groups is 3. The van der Waals surface area contributed by atoms with E-state index in [0.29, 0.717) is 16.3 Å². The molecule has 2 heterocycles. The molecule has 0 unspecified atom stereocenters. The number of hydrazine groups is 1. The zero-order valence-corrected chi connectivity index (χ0v) is 16.8. The Hall–Kier alpha value is -2.87. The lowest BCUT2D eigenvalue weighted by Gasteiger charge is -2.25. The van der Waals surface area contributed by atoms with Crippen molar-refractivity contribution in [2.45, 2.75) is 51.0 Å². The van der Waals surface area contributed by atoms with Crippen LogP contribution in [0.15, 0.2) is 30.3 Å². The van der Waals surface area contributed by atoms with E-state index in [-0.39, 0.29) is 18.2 Å². The van der Waals surface area contributed by atoms with Crippen molar-refractivity contribution in [2.75, 3.05) is 5.32 Å². The Morgan fingerprint density at radius 2 is 1.90 bits per heavy atom. The highest BCUT2D eigenvalue weighted by Crippen LogP contribution is 2.30. The zero-order chi connectivity index (χ0) is 20.2. The highest BCUT2D eigenvalue weighted by atomic mass is 32.1. The first-order valence-electron chi connectivity index (χ1n) is 9.87. The number of benzene rings is 1. The van der Waals surface area contributed by atoms with E-state index in [4.69, 9.17) is 4.74 Å². The molecule has 1 atom stereocenters. The summed E-state index contributed by atoms with van der Waals surface area (Å²) >= 11 is 1.49. The van der Waals surface area contributed by atoms with Crippen molar-refractivity contribution >= 4 is 34.7 Å². The minimum atomic E-state index is -0.941. The molecule has 2 aromatic rings. The van der Waals surface area contributed by atoms with Gasteiger partial charge in [0.05, 0.1) is 17.0 Å². The van der Waals surface area contributed by atoms with Crippen LogP contribution in [0.4, 0.5) is 5.69 Å². The molecule has 7 nitrogen and oxygen atoms in total. The number of nitrogens with one attached hydrogen (secondary N) is 3. The predicted molar refractivity (Wildman–Crippen MR) is 110 cm³/mol. The highest BCUT2D eigenvalue weighted by molar-refractivity contribution is 7.14. The third kappa shape index (κ3) is 4.59. The van der Waals surface area contributed by atoms with Crippen molar-refractivity contribution in [1.82, 2.24) is 10.9 Å². The van der Waals surface area contributed by atoms with Crippen LogP contribution in [0.5, 0.6) is 5.75 Å². The van der Waals surface area contributed by atoms with Gasteiger partial charge in [-0.05, 0) is 49.4 Å². The number of rotatable bonds is 3. The summed E-state index contributed by atoms with van der Waals surface area (Å²) in [6.45, 7) is 0. The molecule has 152 valence electrons. The fourth-order valence-corrected chi connectivity index (χ4v) is 4.74. The van der Waals surface area contributed by atoms with Gasteiger partial charge in [-0.25, -0.2) is 0 Å². The first-order chi connectivity index (χ1) is 14.1. The molecule has 1 aromatic carbocycles. The topological polar surface area (TPSA) is 96.5 Å². The van der Waals surface area contributed by atoms with Gasteiger partial charge in [0.1, 0.15) is 5.75 Å². The second kappa shape index (κ2) is 8.65. The SMILES string of the molecule is O=C(C[C@H]1Oc2ccccc2NC1=O)NNC(=O)c1cc2c(s1)CCCCCC2. The summed E-state index contributed by atoms with van der Waals surface area (Å²) in [7, 11) is 0. The minimum Gasteiger partial charge on any atom is -0.478 e. The second-order valence-electron chi connectivity index (χ2n) is 7.27. The van der Waals surface area contributed by atoms with Crippen LogP contribution in [0.25, 0.3) is 0 Å². The van der Waals surface area contributed by atoms with Gasteiger partial charge in [0, 0.05) is 4.88 Å². The van der Waals surface area contributed by atoms with Crippen LogP contribution in [0.1, 0.15) is 52.2 Å². The summed E-state index contributed by atoms with van der Waals surface area (Å²) in [6, 6.07) is 8.97. The molecule has 8 heteroatoms. The number of hydrogen-bond donors (Lipinski definition) is 3. The Balaban J connectivity index is 1.31. The molecular formula is C21H23N3O4S. The molecule has 1 aliphatic carbocycles. The first kappa shape index (κ1) is 19.4. The van der Waals surface area contributed by atoms with Gasteiger partial charge in [0.15, 0.2) is 6.10 Å². The lowest BCUT2D eigenvalue weighted by molar-refractivity contribution is -0.130. The van der Waals surface area contributed by atoms with E-state index in [1.807, 2.05) is 6.07 Å². The van der Waals surface area contributed by atoms with Gasteiger partial charge in [-0.15, -0.1) is 11.3 Å². The van der Waals surface area contributed by atoms with Crippen LogP contribution < -0.4 is 20.9 Å². The average molecular weight is 413 g/mol. The van der Waals surface area contributed by atoms with Crippen molar-refractivity contribution in [1.29, 1.82) is 0 Å². The van der Waals surface area contributed by atoms with Gasteiger partial charge >= 0.3 is 0 Å². The van der Waals surface area contributed by atoms with Crippen molar-refractivity contribution < 1.29 is 19.1 Å². The van der Waals surface area contributed by atoms with Gasteiger partial charge in [0.25, 0.3) is 11.8 Å². The monoisotopic (exact) mass is 413 g/mol. The Labute approximate surface area is 172 Å². The molecule has 1 aromatic heterocycles. The third-order valence-electron chi connectivity index (χ3n) is 5.11. The molecule has 0 spiro atoms. The van der Waals surface area contributed by atoms with Crippen LogP contribution in [-0.4, -0.2) is 23.8 Å². The number of carbonyl (C=O) groups excluding carboxylic acids is 3. The fraction of sp³-hybridized carbons (Fsp3) is 0.381. The molecular weight excluding hydrogens is 390 g/mol. The van der Waals surface area contributed by atoms with Gasteiger partial charge in [-0.3, -0.25) is 25.2 Å². The molecule has 2 aliphatic rings. The van der Waals surface area contributed by atoms with Crippen molar-refractivity contribution in [3.63, 3.8) is 0 Å². The maximum absolute atomic E-state index is 12.4. The average Bonchev–Trinajstić information content (AvgIpc) is 3.08. The summed E-state index contributed by atoms with van der Waals surface area (Å²) in [5.74, 6) is -0.699. The van der Waals surface area contributed by atoms with Crippen LogP contribution in [-0.2, 0) is 22.4 Å². The number of ether oxygens (including phenoxy) is 1. The van der Waals surface area contributed by atoms with Crippen LogP contribution in [0.3, 0.4) is 0 Å². The lowest BCUT2D eigenvalue weighted by atomic mass is 10.00. The first-order valence-corrected chi connectivity index (χ1v) is 10.7. The van der Waals surface area contributed by atoms with E-state index in [2.05, 4.69) is 16.2 Å². The highest BCUT2D eigenvalue weighted by Gasteiger charge is 2.29. The second-order valence-corrected chi connectivity index (χ2v) is 8.41. The van der Waals surface area contributed by atoms with E-state index in [0.717, 1.165) is 25.7 Å². The smallest absolute Gasteiger partial charge is 0.279 e. The fourth-order valence-electron chi connectivity index (χ4n) is 3.59. The van der Waals surface area contributed by atoms with Crippen LogP contribution in [0.2, 0.25) is 0 Å². The molecule has 0 saturated carbocycles. The molecule has 0 saturated heterocycles. The minimum absolute atomic E-state index is 0.193. The molecule has 4 rings (SSSR count). The number of thiophene rings is 1. The van der Waals surface area contributed by atoms with E-state index < -0.39 is 12.0 Å². The summed E-state index contributed by atoms with van der Waals surface area (Å²) in [4.78, 5) is 38.6. The quantitative estimate of drug-likeness (QED) is 0.674. The van der Waals surface area contributed by atoms with Gasteiger partial charge < -0.3 is 10.1 Å². The maximum atomic E-state index is 12.4. The summed E-state index contributed by atoms with van der Waals surface area (Å²) in [5, 5.41) is 2.71. The van der Waals surface area contributed by atoms with Crippen molar-refractivity contribution in [3.8, 4) is 5.75 Å². The Morgan fingerprint density at radius 1 is 1.10 bits per heavy atom. The molecule has 29 heavy (non-hydrogen) atoms. The molecule has 3 N–H and O–H groups in total. The number of aryl methyl sites for hydroxylation is 2. The number of fused-ring (bicyclic) bond motifs is 2. The zero-order valence-electron chi connectivity index (χ0n) is 16.0. The molecule has 0 bridgehead atoms. The molecule has 3 amide bonds. The van der Waals surface area contributed by atoms with Crippen LogP contribution in [0, 0.1) is 0 Å².